The zero-order valence-corrected chi connectivity index (χ0v) is 18.8. The molecule has 0 fully saturated rings. The Labute approximate surface area is 171 Å². The molecule has 0 radical (unpaired) electrons. The Hall–Kier alpha value is -0.940. The van der Waals surface area contributed by atoms with Crippen LogP contribution in [0.2, 0.25) is 0 Å². The van der Waals surface area contributed by atoms with Crippen LogP contribution in [0.3, 0.4) is 0 Å². The van der Waals surface area contributed by atoms with E-state index in [9.17, 15) is 4.79 Å². The Morgan fingerprint density at radius 1 is 1.44 bits per heavy atom. The molecular weight excluding hydrogens is 453 g/mol. The van der Waals surface area contributed by atoms with E-state index >= 15 is 0 Å². The number of rotatable bonds is 9. The van der Waals surface area contributed by atoms with E-state index in [4.69, 9.17) is 4.74 Å². The summed E-state index contributed by atoms with van der Waals surface area (Å²) in [6.07, 6.45) is 0.916. The fourth-order valence-electron chi connectivity index (χ4n) is 1.94. The molecule has 1 aromatic rings. The Balaban J connectivity index is 0.00000576. The van der Waals surface area contributed by atoms with E-state index in [-0.39, 0.29) is 42.5 Å². The van der Waals surface area contributed by atoms with Crippen molar-refractivity contribution in [3.63, 3.8) is 0 Å². The zero-order valence-electron chi connectivity index (χ0n) is 15.7. The summed E-state index contributed by atoms with van der Waals surface area (Å²) in [5.74, 6) is 0.629. The van der Waals surface area contributed by atoms with Crippen molar-refractivity contribution >= 4 is 47.2 Å². The standard InChI is InChI=1S/C16H29N5O2S.HI/c1-6-8-18-14(22)9-19-16(17-7-2)21(4)10-13-11-24-15(20-13)12(3)23-5;/h11-12H,6-10H2,1-5H3,(H,17,19)(H,18,22);1H. The second-order valence-electron chi connectivity index (χ2n) is 5.43. The summed E-state index contributed by atoms with van der Waals surface area (Å²) in [5.41, 5.74) is 0.961. The summed E-state index contributed by atoms with van der Waals surface area (Å²) in [6.45, 7) is 8.16. The third-order valence-corrected chi connectivity index (χ3v) is 4.37. The first-order valence-electron chi connectivity index (χ1n) is 8.25. The molecule has 1 unspecified atom stereocenters. The molecule has 9 heteroatoms. The molecule has 0 spiro atoms. The molecule has 0 saturated carbocycles. The molecule has 1 amide bonds. The number of aliphatic imine (C=N–C) groups is 1. The number of carbonyl (C=O) groups excluding carboxylic acids is 1. The van der Waals surface area contributed by atoms with E-state index in [2.05, 4.69) is 20.6 Å². The summed E-state index contributed by atoms with van der Waals surface area (Å²) in [7, 11) is 3.61. The first-order valence-corrected chi connectivity index (χ1v) is 9.12. The van der Waals surface area contributed by atoms with Gasteiger partial charge in [-0.15, -0.1) is 35.3 Å². The predicted octanol–water partition coefficient (Wildman–Crippen LogP) is 2.39. The maximum atomic E-state index is 11.7. The number of hydrogen-bond donors (Lipinski definition) is 2. The maximum Gasteiger partial charge on any atom is 0.241 e. The first-order chi connectivity index (χ1) is 11.5. The summed E-state index contributed by atoms with van der Waals surface area (Å²) in [6, 6.07) is 0. The molecule has 1 heterocycles. The van der Waals surface area contributed by atoms with Gasteiger partial charge in [0.05, 0.1) is 12.2 Å². The van der Waals surface area contributed by atoms with Gasteiger partial charge in [0.15, 0.2) is 5.96 Å². The molecule has 144 valence electrons. The minimum Gasteiger partial charge on any atom is -0.375 e. The molecule has 1 aromatic heterocycles. The van der Waals surface area contributed by atoms with Crippen molar-refractivity contribution in [1.29, 1.82) is 0 Å². The van der Waals surface area contributed by atoms with Gasteiger partial charge in [0.25, 0.3) is 0 Å². The van der Waals surface area contributed by atoms with Crippen molar-refractivity contribution in [2.24, 2.45) is 4.99 Å². The van der Waals surface area contributed by atoms with Gasteiger partial charge in [-0.2, -0.15) is 0 Å². The summed E-state index contributed by atoms with van der Waals surface area (Å²) >= 11 is 1.59. The predicted molar refractivity (Wildman–Crippen MR) is 114 cm³/mol. The Morgan fingerprint density at radius 2 is 2.16 bits per heavy atom. The van der Waals surface area contributed by atoms with E-state index in [1.807, 2.05) is 38.1 Å². The number of ether oxygens (including phenoxy) is 1. The van der Waals surface area contributed by atoms with Crippen molar-refractivity contribution in [3.8, 4) is 0 Å². The van der Waals surface area contributed by atoms with Crippen LogP contribution in [0.4, 0.5) is 0 Å². The van der Waals surface area contributed by atoms with Crippen LogP contribution < -0.4 is 10.6 Å². The monoisotopic (exact) mass is 483 g/mol. The van der Waals surface area contributed by atoms with E-state index in [1.165, 1.54) is 0 Å². The summed E-state index contributed by atoms with van der Waals surface area (Å²) in [5, 5.41) is 9.01. The van der Waals surface area contributed by atoms with Crippen LogP contribution in [0.15, 0.2) is 10.4 Å². The topological polar surface area (TPSA) is 78.9 Å². The van der Waals surface area contributed by atoms with Gasteiger partial charge >= 0.3 is 0 Å². The first kappa shape index (κ1) is 24.1. The minimum atomic E-state index is -0.0643. The number of guanidine groups is 1. The molecule has 0 aliphatic carbocycles. The van der Waals surface area contributed by atoms with Crippen LogP contribution in [0.1, 0.15) is 44.0 Å². The van der Waals surface area contributed by atoms with Crippen LogP contribution in [-0.2, 0) is 16.1 Å². The van der Waals surface area contributed by atoms with Crippen LogP contribution in [-0.4, -0.2) is 55.5 Å². The lowest BCUT2D eigenvalue weighted by molar-refractivity contribution is -0.119. The van der Waals surface area contributed by atoms with Crippen molar-refractivity contribution in [2.75, 3.05) is 33.8 Å². The number of methoxy groups -OCH3 is 1. The number of nitrogens with one attached hydrogen (secondary N) is 2. The van der Waals surface area contributed by atoms with Crippen LogP contribution in [0.5, 0.6) is 0 Å². The second-order valence-corrected chi connectivity index (χ2v) is 6.32. The third kappa shape index (κ3) is 8.82. The molecule has 0 aromatic carbocycles. The maximum absolute atomic E-state index is 11.7. The molecule has 1 atom stereocenters. The highest BCUT2D eigenvalue weighted by Crippen LogP contribution is 2.20. The van der Waals surface area contributed by atoms with Crippen LogP contribution in [0, 0.1) is 0 Å². The molecule has 7 nitrogen and oxygen atoms in total. The van der Waals surface area contributed by atoms with Crippen molar-refractivity contribution in [2.45, 2.75) is 39.8 Å². The molecular formula is C16H30IN5O2S. The highest BCUT2D eigenvalue weighted by Gasteiger charge is 2.13. The number of carbonyl (C=O) groups is 1. The van der Waals surface area contributed by atoms with Gasteiger partial charge in [0.1, 0.15) is 17.7 Å². The number of thiazole rings is 1. The number of aromatic nitrogens is 1. The highest BCUT2D eigenvalue weighted by molar-refractivity contribution is 14.0. The van der Waals surface area contributed by atoms with Gasteiger partial charge in [-0.3, -0.25) is 4.79 Å². The van der Waals surface area contributed by atoms with E-state index in [0.717, 1.165) is 23.7 Å². The van der Waals surface area contributed by atoms with E-state index in [0.29, 0.717) is 19.0 Å². The second kappa shape index (κ2) is 13.3. The van der Waals surface area contributed by atoms with Gasteiger partial charge in [-0.1, -0.05) is 6.92 Å². The van der Waals surface area contributed by atoms with Crippen molar-refractivity contribution < 1.29 is 9.53 Å². The molecule has 0 bridgehead atoms. The van der Waals surface area contributed by atoms with Crippen molar-refractivity contribution in [1.82, 2.24) is 20.5 Å². The van der Waals surface area contributed by atoms with Gasteiger partial charge in [-0.25, -0.2) is 9.98 Å². The quantitative estimate of drug-likeness (QED) is 0.321. The Kier molecular flexibility index (Phi) is 12.8. The van der Waals surface area contributed by atoms with Gasteiger partial charge in [0.2, 0.25) is 5.91 Å². The fraction of sp³-hybridized carbons (Fsp3) is 0.688. The molecule has 25 heavy (non-hydrogen) atoms. The van der Waals surface area contributed by atoms with Gasteiger partial charge < -0.3 is 20.3 Å². The normalized spacial score (nSPS) is 12.3. The average molecular weight is 483 g/mol. The molecule has 1 rings (SSSR count). The van der Waals surface area contributed by atoms with Gasteiger partial charge in [-0.05, 0) is 20.3 Å². The molecule has 0 aliphatic rings. The van der Waals surface area contributed by atoms with Gasteiger partial charge in [0, 0.05) is 32.6 Å². The largest absolute Gasteiger partial charge is 0.375 e. The van der Waals surface area contributed by atoms with Crippen molar-refractivity contribution in [3.05, 3.63) is 16.1 Å². The number of hydrogen-bond acceptors (Lipinski definition) is 5. The van der Waals surface area contributed by atoms with Crippen LogP contribution in [0.25, 0.3) is 0 Å². The number of amides is 1. The lowest BCUT2D eigenvalue weighted by Gasteiger charge is -2.21. The number of halogens is 1. The molecule has 0 aliphatic heterocycles. The average Bonchev–Trinajstić information content (AvgIpc) is 3.04. The molecule has 0 saturated heterocycles. The van der Waals surface area contributed by atoms with E-state index < -0.39 is 0 Å². The minimum absolute atomic E-state index is 0. The van der Waals surface area contributed by atoms with Crippen LogP contribution >= 0.6 is 35.3 Å². The third-order valence-electron chi connectivity index (χ3n) is 3.31. The lowest BCUT2D eigenvalue weighted by Crippen LogP contribution is -2.39. The Bertz CT molecular complexity index is 538. The molecule has 2 N–H and O–H groups in total. The highest BCUT2D eigenvalue weighted by atomic mass is 127. The lowest BCUT2D eigenvalue weighted by atomic mass is 10.4. The Morgan fingerprint density at radius 3 is 2.76 bits per heavy atom. The smallest absolute Gasteiger partial charge is 0.241 e. The number of nitrogens with zero attached hydrogens (tertiary/aromatic N) is 3. The summed E-state index contributed by atoms with van der Waals surface area (Å²) < 4.78 is 5.29. The SMILES string of the molecule is CCCNC(=O)CN=C(NCC)N(C)Cc1csc(C(C)OC)n1.I. The van der Waals surface area contributed by atoms with E-state index in [1.54, 1.807) is 18.4 Å². The fourth-order valence-corrected chi connectivity index (χ4v) is 2.78. The zero-order chi connectivity index (χ0) is 17.9. The summed E-state index contributed by atoms with van der Waals surface area (Å²) in [4.78, 5) is 22.7.